The van der Waals surface area contributed by atoms with Crippen molar-refractivity contribution in [3.63, 3.8) is 0 Å². The van der Waals surface area contributed by atoms with Gasteiger partial charge in [-0.05, 0) is 91.8 Å². The van der Waals surface area contributed by atoms with Gasteiger partial charge in [0.15, 0.2) is 0 Å². The molecule has 1 nitrogen and oxygen atoms in total. The number of hydrogen-bond donors (Lipinski definition) is 1. The quantitative estimate of drug-likeness (QED) is 0.515. The molecule has 4 rings (SSSR count). The van der Waals surface area contributed by atoms with Gasteiger partial charge in [0.25, 0.3) is 0 Å². The lowest BCUT2D eigenvalue weighted by molar-refractivity contribution is 0.0383. The summed E-state index contributed by atoms with van der Waals surface area (Å²) in [6, 6.07) is 0. The Bertz CT molecular complexity index is 682. The van der Waals surface area contributed by atoms with Crippen molar-refractivity contribution in [2.75, 3.05) is 0 Å². The molecule has 0 bridgehead atoms. The van der Waals surface area contributed by atoms with Crippen LogP contribution in [0.4, 0.5) is 0 Å². The second kappa shape index (κ2) is 7.46. The van der Waals surface area contributed by atoms with Gasteiger partial charge in [-0.15, -0.1) is 0 Å². The van der Waals surface area contributed by atoms with Gasteiger partial charge in [0.2, 0.25) is 0 Å². The third-order valence-corrected chi connectivity index (χ3v) is 9.30. The van der Waals surface area contributed by atoms with Gasteiger partial charge in [0, 0.05) is 0 Å². The number of aliphatic hydroxyl groups is 1. The fourth-order valence-electron chi connectivity index (χ4n) is 7.59. The first-order valence-corrected chi connectivity index (χ1v) is 12.0. The molecule has 0 saturated heterocycles. The first-order chi connectivity index (χ1) is 13.3. The summed E-state index contributed by atoms with van der Waals surface area (Å²) in [5.41, 5.74) is 4.09. The first kappa shape index (κ1) is 20.5. The molecule has 4 aliphatic rings. The highest BCUT2D eigenvalue weighted by Crippen LogP contribution is 2.65. The molecule has 4 aliphatic carbocycles. The van der Waals surface area contributed by atoms with Crippen molar-refractivity contribution in [3.8, 4) is 0 Å². The van der Waals surface area contributed by atoms with Gasteiger partial charge in [-0.3, -0.25) is 0 Å². The zero-order valence-corrected chi connectivity index (χ0v) is 18.9. The molecule has 1 heteroatoms. The third-order valence-electron chi connectivity index (χ3n) is 9.30. The predicted octanol–water partition coefficient (Wildman–Crippen LogP) is 7.08. The topological polar surface area (TPSA) is 20.2 Å². The third kappa shape index (κ3) is 3.26. The van der Waals surface area contributed by atoms with Crippen molar-refractivity contribution in [1.29, 1.82) is 0 Å². The maximum Gasteiger partial charge on any atom is 0.0578 e. The zero-order valence-electron chi connectivity index (χ0n) is 18.9. The number of allylic oxidation sites excluding steroid dienone is 5. The standard InChI is InChI=1S/C27H42O/c1-18(2)7-6-8-19(3)23-11-12-24-22-10-9-20-17-21(28)13-15-26(20,4)25(22)14-16-27(23,24)5/h6,8-10,18-19,21,23-25,28H,7,11-17H2,1-5H3/b8-6+/t19?,21-,23?,24?,25?,26-,27+/m0/s1. The SMILES string of the molecule is CC(C)C/C=C/C(C)C1CCC2C3=CC=C4C[C@@H](O)CC[C@]4(C)C3CC[C@@]21C. The normalized spacial score (nSPS) is 44.0. The lowest BCUT2D eigenvalue weighted by Gasteiger charge is -2.55. The Morgan fingerprint density at radius 3 is 2.57 bits per heavy atom. The Labute approximate surface area is 173 Å². The van der Waals surface area contributed by atoms with E-state index in [-0.39, 0.29) is 6.10 Å². The average molecular weight is 383 g/mol. The molecule has 0 aliphatic heterocycles. The molecular weight excluding hydrogens is 340 g/mol. The van der Waals surface area contributed by atoms with Crippen molar-refractivity contribution in [3.05, 3.63) is 35.5 Å². The Morgan fingerprint density at radius 1 is 1.04 bits per heavy atom. The summed E-state index contributed by atoms with van der Waals surface area (Å²) in [7, 11) is 0. The minimum atomic E-state index is -0.113. The highest BCUT2D eigenvalue weighted by Gasteiger charge is 2.56. The second-order valence-corrected chi connectivity index (χ2v) is 11.4. The van der Waals surface area contributed by atoms with Crippen molar-refractivity contribution in [2.24, 2.45) is 40.4 Å². The minimum absolute atomic E-state index is 0.113. The van der Waals surface area contributed by atoms with Crippen LogP contribution in [-0.4, -0.2) is 11.2 Å². The summed E-state index contributed by atoms with van der Waals surface area (Å²) < 4.78 is 0. The van der Waals surface area contributed by atoms with Crippen molar-refractivity contribution >= 4 is 0 Å². The first-order valence-electron chi connectivity index (χ1n) is 12.0. The van der Waals surface area contributed by atoms with Crippen LogP contribution < -0.4 is 0 Å². The Hall–Kier alpha value is -0.820. The molecule has 1 N–H and O–H groups in total. The van der Waals surface area contributed by atoms with E-state index in [1.165, 1.54) is 44.1 Å². The van der Waals surface area contributed by atoms with Crippen LogP contribution in [0.1, 0.15) is 86.0 Å². The number of aliphatic hydroxyl groups excluding tert-OH is 1. The largest absolute Gasteiger partial charge is 0.393 e. The summed E-state index contributed by atoms with van der Waals surface area (Å²) in [5, 5.41) is 10.2. The highest BCUT2D eigenvalue weighted by molar-refractivity contribution is 5.39. The summed E-state index contributed by atoms with van der Waals surface area (Å²) in [4.78, 5) is 0. The summed E-state index contributed by atoms with van der Waals surface area (Å²) in [5.74, 6) is 3.78. The van der Waals surface area contributed by atoms with Crippen LogP contribution >= 0.6 is 0 Å². The average Bonchev–Trinajstić information content (AvgIpc) is 2.99. The number of hydrogen-bond acceptors (Lipinski definition) is 1. The van der Waals surface area contributed by atoms with Gasteiger partial charge in [-0.2, -0.15) is 0 Å². The Kier molecular flexibility index (Phi) is 5.45. The summed E-state index contributed by atoms with van der Waals surface area (Å²) in [6.07, 6.45) is 19.6. The van der Waals surface area contributed by atoms with Crippen LogP contribution in [0, 0.1) is 40.4 Å². The molecule has 3 saturated carbocycles. The fraction of sp³-hybridized carbons (Fsp3) is 0.778. The van der Waals surface area contributed by atoms with E-state index in [0.29, 0.717) is 16.7 Å². The molecule has 3 fully saturated rings. The Morgan fingerprint density at radius 2 is 1.82 bits per heavy atom. The van der Waals surface area contributed by atoms with Crippen LogP contribution in [0.2, 0.25) is 0 Å². The van der Waals surface area contributed by atoms with Gasteiger partial charge >= 0.3 is 0 Å². The maximum atomic E-state index is 10.2. The molecule has 0 aromatic carbocycles. The molecule has 0 spiro atoms. The Balaban J connectivity index is 1.57. The van der Waals surface area contributed by atoms with Crippen LogP contribution in [-0.2, 0) is 0 Å². The van der Waals surface area contributed by atoms with Gasteiger partial charge in [0.05, 0.1) is 6.10 Å². The molecule has 7 atom stereocenters. The highest BCUT2D eigenvalue weighted by atomic mass is 16.3. The van der Waals surface area contributed by atoms with E-state index in [2.05, 4.69) is 58.9 Å². The van der Waals surface area contributed by atoms with Crippen LogP contribution in [0.25, 0.3) is 0 Å². The van der Waals surface area contributed by atoms with E-state index >= 15 is 0 Å². The molecule has 4 unspecified atom stereocenters. The summed E-state index contributed by atoms with van der Waals surface area (Å²) >= 11 is 0. The molecule has 0 aromatic heterocycles. The molecule has 0 radical (unpaired) electrons. The van der Waals surface area contributed by atoms with Gasteiger partial charge in [-0.25, -0.2) is 0 Å². The van der Waals surface area contributed by atoms with Crippen LogP contribution in [0.15, 0.2) is 35.5 Å². The lowest BCUT2D eigenvalue weighted by atomic mass is 9.50. The van der Waals surface area contributed by atoms with Crippen molar-refractivity contribution in [1.82, 2.24) is 0 Å². The van der Waals surface area contributed by atoms with Crippen LogP contribution in [0.3, 0.4) is 0 Å². The monoisotopic (exact) mass is 382 g/mol. The van der Waals surface area contributed by atoms with Crippen molar-refractivity contribution in [2.45, 2.75) is 92.1 Å². The van der Waals surface area contributed by atoms with Gasteiger partial charge in [0.1, 0.15) is 0 Å². The molecule has 0 amide bonds. The van der Waals surface area contributed by atoms with E-state index in [9.17, 15) is 5.11 Å². The van der Waals surface area contributed by atoms with E-state index in [4.69, 9.17) is 0 Å². The van der Waals surface area contributed by atoms with Gasteiger partial charge in [-0.1, -0.05) is 70.1 Å². The summed E-state index contributed by atoms with van der Waals surface area (Å²) in [6.45, 7) is 12.2. The number of fused-ring (bicyclic) bond motifs is 5. The van der Waals surface area contributed by atoms with E-state index in [0.717, 1.165) is 36.5 Å². The fourth-order valence-corrected chi connectivity index (χ4v) is 7.59. The molecule has 156 valence electrons. The van der Waals surface area contributed by atoms with E-state index in [1.807, 2.05) is 0 Å². The molecule has 28 heavy (non-hydrogen) atoms. The minimum Gasteiger partial charge on any atom is -0.393 e. The van der Waals surface area contributed by atoms with Crippen LogP contribution in [0.5, 0.6) is 0 Å². The van der Waals surface area contributed by atoms with E-state index < -0.39 is 0 Å². The zero-order chi connectivity index (χ0) is 20.1. The maximum absolute atomic E-state index is 10.2. The lowest BCUT2D eigenvalue weighted by Crippen LogP contribution is -2.46. The molecular formula is C27H42O. The predicted molar refractivity (Wildman–Crippen MR) is 119 cm³/mol. The number of rotatable bonds is 4. The second-order valence-electron chi connectivity index (χ2n) is 11.4. The smallest absolute Gasteiger partial charge is 0.0578 e. The molecule has 0 heterocycles. The van der Waals surface area contributed by atoms with E-state index in [1.54, 1.807) is 5.57 Å². The van der Waals surface area contributed by atoms with Crippen molar-refractivity contribution < 1.29 is 5.11 Å². The molecule has 0 aromatic rings. The van der Waals surface area contributed by atoms with Gasteiger partial charge < -0.3 is 5.11 Å².